The summed E-state index contributed by atoms with van der Waals surface area (Å²) in [6.07, 6.45) is 0.0474. The minimum atomic E-state index is 0. The maximum absolute atomic E-state index is 6.32. The molecule has 3 aromatic rings. The first-order valence-electron chi connectivity index (χ1n) is 8.88. The molecule has 0 amide bonds. The fraction of sp³-hybridized carbons (Fsp3) is 0.300. The minimum Gasteiger partial charge on any atom is -0.491 e. The van der Waals surface area contributed by atoms with Crippen LogP contribution in [0.25, 0.3) is 22.8 Å². The molecule has 28 heavy (non-hydrogen) atoms. The highest BCUT2D eigenvalue weighted by Crippen LogP contribution is 2.35. The molecule has 1 aromatic heterocycles. The Morgan fingerprint density at radius 1 is 1.21 bits per heavy atom. The Kier molecular flexibility index (Phi) is 6.44. The molecule has 148 valence electrons. The van der Waals surface area contributed by atoms with Crippen LogP contribution < -0.4 is 14.8 Å². The predicted molar refractivity (Wildman–Crippen MR) is 110 cm³/mol. The van der Waals surface area contributed by atoms with Crippen LogP contribution in [0.1, 0.15) is 19.4 Å². The zero-order chi connectivity index (χ0) is 18.8. The minimum absolute atomic E-state index is 0. The van der Waals surface area contributed by atoms with Crippen LogP contribution in [0.2, 0.25) is 5.02 Å². The van der Waals surface area contributed by atoms with Crippen molar-refractivity contribution in [2.75, 3.05) is 13.2 Å². The molecule has 0 bridgehead atoms. The van der Waals surface area contributed by atoms with Crippen molar-refractivity contribution in [1.82, 2.24) is 15.5 Å². The molecule has 4 rings (SSSR count). The number of hydrogen-bond donors (Lipinski definition) is 1. The van der Waals surface area contributed by atoms with Gasteiger partial charge < -0.3 is 19.3 Å². The van der Waals surface area contributed by atoms with Crippen LogP contribution in [-0.2, 0) is 6.54 Å². The van der Waals surface area contributed by atoms with Crippen LogP contribution in [0.5, 0.6) is 11.5 Å². The van der Waals surface area contributed by atoms with Gasteiger partial charge in [-0.25, -0.2) is 0 Å². The number of ether oxygens (including phenoxy) is 2. The standard InChI is InChI=1S/C20H20ClN3O3.ClH/c1-12(2)26-17-7-6-13(10-16(17)21)20-23-19(24-27-20)15-5-3-4-14-11-22-8-9-25-18(14)15;/h3-7,10,12,22H,8-9,11H2,1-2H3;1H. The fourth-order valence-electron chi connectivity index (χ4n) is 2.95. The van der Waals surface area contributed by atoms with Crippen molar-refractivity contribution in [3.8, 4) is 34.3 Å². The normalized spacial score (nSPS) is 13.3. The second-order valence-corrected chi connectivity index (χ2v) is 6.96. The second-order valence-electron chi connectivity index (χ2n) is 6.55. The summed E-state index contributed by atoms with van der Waals surface area (Å²) in [5.41, 5.74) is 2.63. The molecule has 0 atom stereocenters. The van der Waals surface area contributed by atoms with E-state index < -0.39 is 0 Å². The molecule has 0 saturated carbocycles. The third-order valence-corrected chi connectivity index (χ3v) is 4.44. The zero-order valence-electron chi connectivity index (χ0n) is 15.6. The fourth-order valence-corrected chi connectivity index (χ4v) is 3.18. The van der Waals surface area contributed by atoms with Gasteiger partial charge in [-0.05, 0) is 38.1 Å². The predicted octanol–water partition coefficient (Wildman–Crippen LogP) is 4.75. The number of hydrogen-bond acceptors (Lipinski definition) is 6. The van der Waals surface area contributed by atoms with E-state index in [0.717, 1.165) is 35.5 Å². The van der Waals surface area contributed by atoms with Crippen LogP contribution in [0.4, 0.5) is 0 Å². The van der Waals surface area contributed by atoms with Gasteiger partial charge in [-0.1, -0.05) is 28.9 Å². The topological polar surface area (TPSA) is 69.4 Å². The maximum Gasteiger partial charge on any atom is 0.258 e. The van der Waals surface area contributed by atoms with E-state index in [0.29, 0.717) is 29.1 Å². The van der Waals surface area contributed by atoms with Gasteiger partial charge in [0, 0.05) is 24.2 Å². The van der Waals surface area contributed by atoms with Crippen molar-refractivity contribution in [3.63, 3.8) is 0 Å². The van der Waals surface area contributed by atoms with Crippen molar-refractivity contribution in [1.29, 1.82) is 0 Å². The van der Waals surface area contributed by atoms with E-state index in [1.807, 2.05) is 44.2 Å². The number of rotatable bonds is 4. The van der Waals surface area contributed by atoms with Gasteiger partial charge in [0.15, 0.2) is 0 Å². The number of benzene rings is 2. The van der Waals surface area contributed by atoms with Crippen LogP contribution in [0.3, 0.4) is 0 Å². The van der Waals surface area contributed by atoms with Gasteiger partial charge in [0.1, 0.15) is 18.1 Å². The van der Waals surface area contributed by atoms with E-state index in [1.54, 1.807) is 6.07 Å². The smallest absolute Gasteiger partial charge is 0.258 e. The van der Waals surface area contributed by atoms with E-state index in [4.69, 9.17) is 25.6 Å². The van der Waals surface area contributed by atoms with Crippen molar-refractivity contribution < 1.29 is 14.0 Å². The Morgan fingerprint density at radius 3 is 2.86 bits per heavy atom. The molecule has 0 radical (unpaired) electrons. The van der Waals surface area contributed by atoms with Gasteiger partial charge in [0.05, 0.1) is 16.7 Å². The molecular formula is C20H21Cl2N3O3. The van der Waals surface area contributed by atoms with E-state index >= 15 is 0 Å². The van der Waals surface area contributed by atoms with E-state index in [2.05, 4.69) is 15.5 Å². The summed E-state index contributed by atoms with van der Waals surface area (Å²) >= 11 is 6.32. The number of halogens is 2. The quantitative estimate of drug-likeness (QED) is 0.655. The summed E-state index contributed by atoms with van der Waals surface area (Å²) in [7, 11) is 0. The highest BCUT2D eigenvalue weighted by molar-refractivity contribution is 6.32. The molecule has 6 nitrogen and oxygen atoms in total. The first kappa shape index (κ1) is 20.5. The molecular weight excluding hydrogens is 401 g/mol. The van der Waals surface area contributed by atoms with Crippen molar-refractivity contribution in [2.45, 2.75) is 26.5 Å². The van der Waals surface area contributed by atoms with Gasteiger partial charge >= 0.3 is 0 Å². The first-order valence-corrected chi connectivity index (χ1v) is 9.25. The summed E-state index contributed by atoms with van der Waals surface area (Å²) in [5, 5.41) is 7.97. The van der Waals surface area contributed by atoms with Gasteiger partial charge in [0.2, 0.25) is 5.82 Å². The largest absolute Gasteiger partial charge is 0.491 e. The average Bonchev–Trinajstić information content (AvgIpc) is 3.01. The number of nitrogens with one attached hydrogen (secondary N) is 1. The second kappa shape index (κ2) is 8.82. The van der Waals surface area contributed by atoms with Crippen LogP contribution >= 0.6 is 24.0 Å². The monoisotopic (exact) mass is 421 g/mol. The molecule has 2 heterocycles. The summed E-state index contributed by atoms with van der Waals surface area (Å²) in [6, 6.07) is 11.4. The van der Waals surface area contributed by atoms with E-state index in [9.17, 15) is 0 Å². The molecule has 0 saturated heterocycles. The Morgan fingerprint density at radius 2 is 2.07 bits per heavy atom. The SMILES string of the molecule is CC(C)Oc1ccc(-c2nc(-c3cccc4c3OCCNC4)no2)cc1Cl.Cl. The Bertz CT molecular complexity index is 960. The third-order valence-electron chi connectivity index (χ3n) is 4.15. The maximum atomic E-state index is 6.32. The molecule has 8 heteroatoms. The lowest BCUT2D eigenvalue weighted by Crippen LogP contribution is -2.16. The van der Waals surface area contributed by atoms with Crippen molar-refractivity contribution in [2.24, 2.45) is 0 Å². The van der Waals surface area contributed by atoms with Crippen molar-refractivity contribution in [3.05, 3.63) is 47.0 Å². The number of nitrogens with zero attached hydrogens (tertiary/aromatic N) is 2. The molecule has 2 aromatic carbocycles. The van der Waals surface area contributed by atoms with E-state index in [-0.39, 0.29) is 18.5 Å². The number of fused-ring (bicyclic) bond motifs is 1. The number of aromatic nitrogens is 2. The van der Waals surface area contributed by atoms with Crippen LogP contribution in [-0.4, -0.2) is 29.4 Å². The lowest BCUT2D eigenvalue weighted by molar-refractivity contribution is 0.242. The highest BCUT2D eigenvalue weighted by Gasteiger charge is 2.19. The van der Waals surface area contributed by atoms with E-state index in [1.165, 1.54) is 0 Å². The molecule has 0 aliphatic carbocycles. The Hall–Kier alpha value is -2.28. The van der Waals surface area contributed by atoms with Crippen LogP contribution in [0, 0.1) is 0 Å². The molecule has 0 unspecified atom stereocenters. The molecule has 0 spiro atoms. The lowest BCUT2D eigenvalue weighted by Gasteiger charge is -2.11. The Labute approximate surface area is 174 Å². The zero-order valence-corrected chi connectivity index (χ0v) is 17.1. The lowest BCUT2D eigenvalue weighted by atomic mass is 10.1. The van der Waals surface area contributed by atoms with Crippen LogP contribution in [0.15, 0.2) is 40.9 Å². The molecule has 1 aliphatic rings. The molecule has 0 fully saturated rings. The summed E-state index contributed by atoms with van der Waals surface area (Å²) < 4.78 is 17.0. The Balaban J connectivity index is 0.00000225. The summed E-state index contributed by atoms with van der Waals surface area (Å²) in [4.78, 5) is 4.54. The third kappa shape index (κ3) is 4.24. The first-order chi connectivity index (χ1) is 13.1. The highest BCUT2D eigenvalue weighted by atomic mass is 35.5. The van der Waals surface area contributed by atoms with Gasteiger partial charge in [-0.3, -0.25) is 0 Å². The molecule has 1 aliphatic heterocycles. The van der Waals surface area contributed by atoms with Gasteiger partial charge in [-0.15, -0.1) is 12.4 Å². The van der Waals surface area contributed by atoms with Gasteiger partial charge in [-0.2, -0.15) is 4.98 Å². The summed E-state index contributed by atoms with van der Waals surface area (Å²) in [6.45, 7) is 6.06. The summed E-state index contributed by atoms with van der Waals surface area (Å²) in [5.74, 6) is 2.31. The van der Waals surface area contributed by atoms with Gasteiger partial charge in [0.25, 0.3) is 5.89 Å². The average molecular weight is 422 g/mol. The number of para-hydroxylation sites is 1. The van der Waals surface area contributed by atoms with Crippen molar-refractivity contribution >= 4 is 24.0 Å². The molecule has 1 N–H and O–H groups in total.